The molecule has 2 rings (SSSR count). The number of carbonyl (C=O) groups is 2. The third-order valence-electron chi connectivity index (χ3n) is 3.10. The van der Waals surface area contributed by atoms with Gasteiger partial charge in [-0.3, -0.25) is 4.79 Å². The zero-order chi connectivity index (χ0) is 15.2. The van der Waals surface area contributed by atoms with E-state index in [2.05, 4.69) is 16.0 Å². The van der Waals surface area contributed by atoms with Gasteiger partial charge in [0.25, 0.3) is 0 Å². The first-order valence-corrected chi connectivity index (χ1v) is 8.13. The highest BCUT2D eigenvalue weighted by Crippen LogP contribution is 2.37. The molecule has 7 heteroatoms. The first-order valence-electron chi connectivity index (χ1n) is 6.77. The quantitative estimate of drug-likeness (QED) is 0.743. The third kappa shape index (κ3) is 4.82. The number of halogens is 1. The number of rotatable bonds is 4. The Balaban J connectivity index is 1.88. The average Bonchev–Trinajstić information content (AvgIpc) is 2.44. The molecule has 0 aliphatic carbocycles. The van der Waals surface area contributed by atoms with Gasteiger partial charge in [-0.15, -0.1) is 11.8 Å². The SMILES string of the molecule is CC(=O)NCCNC(=O)N[C@@H]1CCSc2ccc(Cl)cc21. The van der Waals surface area contributed by atoms with Gasteiger partial charge in [-0.1, -0.05) is 11.6 Å². The maximum atomic E-state index is 11.9. The molecule has 114 valence electrons. The molecule has 0 unspecified atom stereocenters. The van der Waals surface area contributed by atoms with Gasteiger partial charge >= 0.3 is 6.03 Å². The highest BCUT2D eigenvalue weighted by Gasteiger charge is 2.22. The summed E-state index contributed by atoms with van der Waals surface area (Å²) in [6.07, 6.45) is 0.872. The van der Waals surface area contributed by atoms with Crippen LogP contribution >= 0.6 is 23.4 Å². The number of benzene rings is 1. The van der Waals surface area contributed by atoms with E-state index >= 15 is 0 Å². The van der Waals surface area contributed by atoms with Crippen LogP contribution in [0.25, 0.3) is 0 Å². The second-order valence-electron chi connectivity index (χ2n) is 4.76. The number of thioether (sulfide) groups is 1. The van der Waals surface area contributed by atoms with Crippen LogP contribution in [0, 0.1) is 0 Å². The predicted octanol–water partition coefficient (Wildman–Crippen LogP) is 2.31. The van der Waals surface area contributed by atoms with E-state index in [-0.39, 0.29) is 18.0 Å². The summed E-state index contributed by atoms with van der Waals surface area (Å²) >= 11 is 7.81. The van der Waals surface area contributed by atoms with Gasteiger partial charge in [0, 0.05) is 35.7 Å². The Kier molecular flexibility index (Phi) is 5.76. The smallest absolute Gasteiger partial charge is 0.315 e. The molecule has 0 bridgehead atoms. The highest BCUT2D eigenvalue weighted by molar-refractivity contribution is 7.99. The topological polar surface area (TPSA) is 70.2 Å². The van der Waals surface area contributed by atoms with Gasteiger partial charge in [0.15, 0.2) is 0 Å². The molecule has 0 spiro atoms. The lowest BCUT2D eigenvalue weighted by molar-refractivity contribution is -0.118. The molecule has 3 amide bonds. The van der Waals surface area contributed by atoms with Crippen LogP contribution in [-0.4, -0.2) is 30.8 Å². The van der Waals surface area contributed by atoms with Crippen LogP contribution in [-0.2, 0) is 4.79 Å². The average molecular weight is 328 g/mol. The van der Waals surface area contributed by atoms with E-state index in [0.29, 0.717) is 18.1 Å². The summed E-state index contributed by atoms with van der Waals surface area (Å²) in [7, 11) is 0. The number of nitrogens with one attached hydrogen (secondary N) is 3. The maximum absolute atomic E-state index is 11.9. The van der Waals surface area contributed by atoms with Crippen molar-refractivity contribution in [2.75, 3.05) is 18.8 Å². The van der Waals surface area contributed by atoms with Crippen LogP contribution in [0.4, 0.5) is 4.79 Å². The second kappa shape index (κ2) is 7.56. The second-order valence-corrected chi connectivity index (χ2v) is 6.33. The summed E-state index contributed by atoms with van der Waals surface area (Å²) in [5.74, 6) is 0.857. The van der Waals surface area contributed by atoms with Gasteiger partial charge in [0.05, 0.1) is 6.04 Å². The van der Waals surface area contributed by atoms with Gasteiger partial charge < -0.3 is 16.0 Å². The minimum absolute atomic E-state index is 0.0271. The monoisotopic (exact) mass is 327 g/mol. The number of fused-ring (bicyclic) bond motifs is 1. The first kappa shape index (κ1) is 16.0. The van der Waals surface area contributed by atoms with Crippen LogP contribution < -0.4 is 16.0 Å². The number of hydrogen-bond acceptors (Lipinski definition) is 3. The summed E-state index contributed by atoms with van der Waals surface area (Å²) in [6.45, 7) is 2.27. The minimum atomic E-state index is -0.233. The lowest BCUT2D eigenvalue weighted by atomic mass is 10.0. The van der Waals surface area contributed by atoms with Crippen LogP contribution in [0.15, 0.2) is 23.1 Å². The lowest BCUT2D eigenvalue weighted by Crippen LogP contribution is -2.42. The Morgan fingerprint density at radius 1 is 1.33 bits per heavy atom. The Morgan fingerprint density at radius 3 is 2.86 bits per heavy atom. The highest BCUT2D eigenvalue weighted by atomic mass is 35.5. The molecule has 1 aliphatic heterocycles. The Morgan fingerprint density at radius 2 is 2.10 bits per heavy atom. The Labute approximate surface area is 133 Å². The summed E-state index contributed by atoms with van der Waals surface area (Å²) in [5, 5.41) is 8.98. The predicted molar refractivity (Wildman–Crippen MR) is 84.8 cm³/mol. The van der Waals surface area contributed by atoms with E-state index in [9.17, 15) is 9.59 Å². The van der Waals surface area contributed by atoms with Crippen molar-refractivity contribution < 1.29 is 9.59 Å². The van der Waals surface area contributed by atoms with E-state index < -0.39 is 0 Å². The van der Waals surface area contributed by atoms with Crippen molar-refractivity contribution in [2.45, 2.75) is 24.3 Å². The molecule has 1 aromatic carbocycles. The van der Waals surface area contributed by atoms with Crippen molar-refractivity contribution in [3.8, 4) is 0 Å². The summed E-state index contributed by atoms with van der Waals surface area (Å²) in [4.78, 5) is 23.8. The zero-order valence-electron chi connectivity index (χ0n) is 11.7. The fraction of sp³-hybridized carbons (Fsp3) is 0.429. The van der Waals surface area contributed by atoms with Gasteiger partial charge in [0.2, 0.25) is 5.91 Å². The largest absolute Gasteiger partial charge is 0.355 e. The van der Waals surface area contributed by atoms with Crippen molar-refractivity contribution in [1.82, 2.24) is 16.0 Å². The van der Waals surface area contributed by atoms with Crippen LogP contribution in [0.1, 0.15) is 24.9 Å². The number of amides is 3. The number of hydrogen-bond donors (Lipinski definition) is 3. The molecule has 0 radical (unpaired) electrons. The van der Waals surface area contributed by atoms with E-state index in [4.69, 9.17) is 11.6 Å². The Bertz CT molecular complexity index is 539. The van der Waals surface area contributed by atoms with Gasteiger partial charge in [-0.05, 0) is 30.2 Å². The van der Waals surface area contributed by atoms with Crippen molar-refractivity contribution in [3.05, 3.63) is 28.8 Å². The van der Waals surface area contributed by atoms with Crippen molar-refractivity contribution in [3.63, 3.8) is 0 Å². The van der Waals surface area contributed by atoms with E-state index in [1.165, 1.54) is 6.92 Å². The van der Waals surface area contributed by atoms with Crippen molar-refractivity contribution >= 4 is 35.3 Å². The standard InChI is InChI=1S/C14H18ClN3O2S/c1-9(19)16-5-6-17-14(20)18-12-4-7-21-13-3-2-10(15)8-11(12)13/h2-3,8,12H,4-7H2,1H3,(H,16,19)(H2,17,18,20)/t12-/m1/s1. The lowest BCUT2D eigenvalue weighted by Gasteiger charge is -2.26. The van der Waals surface area contributed by atoms with Crippen LogP contribution in [0.2, 0.25) is 5.02 Å². The van der Waals surface area contributed by atoms with E-state index in [1.807, 2.05) is 18.2 Å². The molecule has 0 saturated heterocycles. The molecule has 3 N–H and O–H groups in total. The van der Waals surface area contributed by atoms with Gasteiger partial charge in [-0.25, -0.2) is 4.79 Å². The molecule has 21 heavy (non-hydrogen) atoms. The first-order chi connectivity index (χ1) is 10.1. The fourth-order valence-electron chi connectivity index (χ4n) is 2.14. The van der Waals surface area contributed by atoms with Crippen LogP contribution in [0.3, 0.4) is 0 Å². The Hall–Kier alpha value is -1.40. The number of urea groups is 1. The molecular formula is C14H18ClN3O2S. The van der Waals surface area contributed by atoms with E-state index in [0.717, 1.165) is 22.6 Å². The molecule has 0 aromatic heterocycles. The van der Waals surface area contributed by atoms with Crippen LogP contribution in [0.5, 0.6) is 0 Å². The summed E-state index contributed by atoms with van der Waals surface area (Å²) in [5.41, 5.74) is 1.07. The normalized spacial score (nSPS) is 16.8. The summed E-state index contributed by atoms with van der Waals surface area (Å²) < 4.78 is 0. The molecule has 1 aromatic rings. The zero-order valence-corrected chi connectivity index (χ0v) is 13.3. The molecule has 1 atom stereocenters. The minimum Gasteiger partial charge on any atom is -0.355 e. The van der Waals surface area contributed by atoms with Gasteiger partial charge in [-0.2, -0.15) is 0 Å². The van der Waals surface area contributed by atoms with Crippen molar-refractivity contribution in [1.29, 1.82) is 0 Å². The fourth-order valence-corrected chi connectivity index (χ4v) is 3.43. The summed E-state index contributed by atoms with van der Waals surface area (Å²) in [6, 6.07) is 5.50. The molecule has 1 aliphatic rings. The molecular weight excluding hydrogens is 310 g/mol. The van der Waals surface area contributed by atoms with Gasteiger partial charge in [0.1, 0.15) is 0 Å². The number of carbonyl (C=O) groups excluding carboxylic acids is 2. The third-order valence-corrected chi connectivity index (χ3v) is 4.46. The molecule has 1 heterocycles. The molecule has 0 saturated carbocycles. The maximum Gasteiger partial charge on any atom is 0.315 e. The molecule has 5 nitrogen and oxygen atoms in total. The molecule has 0 fully saturated rings. The van der Waals surface area contributed by atoms with Crippen molar-refractivity contribution in [2.24, 2.45) is 0 Å². The van der Waals surface area contributed by atoms with E-state index in [1.54, 1.807) is 11.8 Å².